The molecule has 0 aliphatic heterocycles. The van der Waals surface area contributed by atoms with Gasteiger partial charge >= 0.3 is 0 Å². The summed E-state index contributed by atoms with van der Waals surface area (Å²) in [6.07, 6.45) is 1.88. The van der Waals surface area contributed by atoms with Crippen LogP contribution in [-0.2, 0) is 0 Å². The first kappa shape index (κ1) is 22.8. The second kappa shape index (κ2) is 9.66. The molecular weight excluding hydrogens is 438 g/mol. The SMILES string of the molecule is COc1ccc2nc(/C(=C/c3ccc(O)c(OC)c3)c3cc(OC)c(OC)c(OC)c3)oc2c1. The van der Waals surface area contributed by atoms with Crippen LogP contribution in [0.2, 0.25) is 0 Å². The Bertz CT molecular complexity index is 1330. The molecule has 0 radical (unpaired) electrons. The average Bonchev–Trinajstić information content (AvgIpc) is 3.30. The second-order valence-corrected chi connectivity index (χ2v) is 7.26. The van der Waals surface area contributed by atoms with E-state index in [0.29, 0.717) is 51.3 Å². The molecule has 0 aliphatic rings. The molecule has 0 atom stereocenters. The lowest BCUT2D eigenvalue weighted by atomic mass is 10.0. The van der Waals surface area contributed by atoms with E-state index in [0.717, 1.165) is 11.1 Å². The Morgan fingerprint density at radius 1 is 0.794 bits per heavy atom. The van der Waals surface area contributed by atoms with Crippen molar-refractivity contribution in [3.63, 3.8) is 0 Å². The van der Waals surface area contributed by atoms with E-state index in [1.54, 1.807) is 52.7 Å². The van der Waals surface area contributed by atoms with Gasteiger partial charge in [-0.3, -0.25) is 0 Å². The molecule has 0 saturated carbocycles. The highest BCUT2D eigenvalue weighted by atomic mass is 16.5. The summed E-state index contributed by atoms with van der Waals surface area (Å²) in [5.74, 6) is 2.89. The van der Waals surface area contributed by atoms with Gasteiger partial charge < -0.3 is 33.2 Å². The van der Waals surface area contributed by atoms with E-state index in [1.807, 2.05) is 30.3 Å². The molecule has 0 bridgehead atoms. The Kier molecular flexibility index (Phi) is 6.49. The number of ether oxygens (including phenoxy) is 5. The number of phenolic OH excluding ortho intramolecular Hbond substituents is 1. The molecule has 8 nitrogen and oxygen atoms in total. The van der Waals surface area contributed by atoms with E-state index in [9.17, 15) is 5.11 Å². The van der Waals surface area contributed by atoms with Gasteiger partial charge in [0.2, 0.25) is 11.6 Å². The van der Waals surface area contributed by atoms with Gasteiger partial charge in [-0.05, 0) is 53.6 Å². The monoisotopic (exact) mass is 463 g/mol. The maximum Gasteiger partial charge on any atom is 0.227 e. The lowest BCUT2D eigenvalue weighted by Gasteiger charge is -2.15. The Hall–Kier alpha value is -4.33. The summed E-state index contributed by atoms with van der Waals surface area (Å²) in [4.78, 5) is 4.69. The number of hydrogen-bond acceptors (Lipinski definition) is 8. The van der Waals surface area contributed by atoms with Crippen LogP contribution >= 0.6 is 0 Å². The standard InChI is InChI=1S/C26H25NO7/c1-29-17-7-8-19-21(14-17)34-26(27-19)18(10-15-6-9-20(28)22(11-15)30-2)16-12-23(31-3)25(33-5)24(13-16)32-4/h6-14,28H,1-5H3/b18-10+. The smallest absolute Gasteiger partial charge is 0.227 e. The minimum atomic E-state index is 0.0444. The number of hydrogen-bond donors (Lipinski definition) is 1. The van der Waals surface area contributed by atoms with Crippen LogP contribution in [-0.4, -0.2) is 45.6 Å². The molecule has 0 fully saturated rings. The number of aromatic hydroxyl groups is 1. The number of aromatic nitrogens is 1. The summed E-state index contributed by atoms with van der Waals surface area (Å²) in [5.41, 5.74) is 3.40. The predicted molar refractivity (Wildman–Crippen MR) is 128 cm³/mol. The Morgan fingerprint density at radius 3 is 2.12 bits per heavy atom. The van der Waals surface area contributed by atoms with E-state index in [-0.39, 0.29) is 5.75 Å². The van der Waals surface area contributed by atoms with Gasteiger partial charge in [0.1, 0.15) is 11.3 Å². The maximum absolute atomic E-state index is 10.0. The van der Waals surface area contributed by atoms with Crippen LogP contribution in [0, 0.1) is 0 Å². The molecule has 1 heterocycles. The number of oxazole rings is 1. The van der Waals surface area contributed by atoms with E-state index >= 15 is 0 Å². The van der Waals surface area contributed by atoms with Gasteiger partial charge in [-0.2, -0.15) is 0 Å². The van der Waals surface area contributed by atoms with Crippen molar-refractivity contribution in [3.8, 4) is 34.5 Å². The summed E-state index contributed by atoms with van der Waals surface area (Å²) < 4.78 is 33.3. The Balaban J connectivity index is 1.96. The van der Waals surface area contributed by atoms with Crippen molar-refractivity contribution in [2.24, 2.45) is 0 Å². The molecule has 0 amide bonds. The Labute approximate surface area is 196 Å². The zero-order chi connectivity index (χ0) is 24.2. The summed E-state index contributed by atoms with van der Waals surface area (Å²) in [5, 5.41) is 10.0. The molecule has 0 spiro atoms. The van der Waals surface area contributed by atoms with Crippen molar-refractivity contribution < 1.29 is 33.2 Å². The van der Waals surface area contributed by atoms with Crippen LogP contribution < -0.4 is 23.7 Å². The minimum Gasteiger partial charge on any atom is -0.504 e. The fourth-order valence-electron chi connectivity index (χ4n) is 3.60. The highest BCUT2D eigenvalue weighted by Gasteiger charge is 2.20. The van der Waals surface area contributed by atoms with Crippen LogP contribution in [0.4, 0.5) is 0 Å². The molecule has 0 saturated heterocycles. The third-order valence-electron chi connectivity index (χ3n) is 5.32. The number of phenols is 1. The zero-order valence-corrected chi connectivity index (χ0v) is 19.5. The van der Waals surface area contributed by atoms with Crippen molar-refractivity contribution in [3.05, 3.63) is 65.5 Å². The number of fused-ring (bicyclic) bond motifs is 1. The fourth-order valence-corrected chi connectivity index (χ4v) is 3.60. The lowest BCUT2D eigenvalue weighted by Crippen LogP contribution is -1.98. The van der Waals surface area contributed by atoms with Crippen molar-refractivity contribution in [1.29, 1.82) is 0 Å². The first-order chi connectivity index (χ1) is 16.5. The van der Waals surface area contributed by atoms with E-state index in [1.165, 1.54) is 7.11 Å². The topological polar surface area (TPSA) is 92.4 Å². The average molecular weight is 463 g/mol. The van der Waals surface area contributed by atoms with Gasteiger partial charge in [-0.25, -0.2) is 4.98 Å². The largest absolute Gasteiger partial charge is 0.504 e. The molecule has 34 heavy (non-hydrogen) atoms. The normalized spacial score (nSPS) is 11.4. The molecule has 1 aromatic heterocycles. The first-order valence-corrected chi connectivity index (χ1v) is 10.3. The van der Waals surface area contributed by atoms with Crippen LogP contribution in [0.25, 0.3) is 22.7 Å². The molecule has 0 aliphatic carbocycles. The summed E-state index contributed by atoms with van der Waals surface area (Å²) in [7, 11) is 7.75. The van der Waals surface area contributed by atoms with Gasteiger partial charge in [-0.1, -0.05) is 6.07 Å². The summed E-state index contributed by atoms with van der Waals surface area (Å²) in [6, 6.07) is 14.1. The number of benzene rings is 3. The highest BCUT2D eigenvalue weighted by Crippen LogP contribution is 2.42. The third kappa shape index (κ3) is 4.30. The number of methoxy groups -OCH3 is 5. The van der Waals surface area contributed by atoms with Crippen molar-refractivity contribution in [2.45, 2.75) is 0 Å². The van der Waals surface area contributed by atoms with Gasteiger partial charge in [0.05, 0.1) is 35.5 Å². The maximum atomic E-state index is 10.0. The minimum absolute atomic E-state index is 0.0444. The quantitative estimate of drug-likeness (QED) is 0.358. The van der Waals surface area contributed by atoms with E-state index in [2.05, 4.69) is 0 Å². The molecule has 4 aromatic rings. The first-order valence-electron chi connectivity index (χ1n) is 10.3. The van der Waals surface area contributed by atoms with Gasteiger partial charge in [-0.15, -0.1) is 0 Å². The third-order valence-corrected chi connectivity index (χ3v) is 5.32. The van der Waals surface area contributed by atoms with E-state index < -0.39 is 0 Å². The van der Waals surface area contributed by atoms with Crippen molar-refractivity contribution in [1.82, 2.24) is 4.98 Å². The molecule has 8 heteroatoms. The van der Waals surface area contributed by atoms with Crippen LogP contribution in [0.3, 0.4) is 0 Å². The number of nitrogens with zero attached hydrogens (tertiary/aromatic N) is 1. The molecule has 3 aromatic carbocycles. The Morgan fingerprint density at radius 2 is 1.50 bits per heavy atom. The van der Waals surface area contributed by atoms with Crippen molar-refractivity contribution in [2.75, 3.05) is 35.5 Å². The van der Waals surface area contributed by atoms with Crippen LogP contribution in [0.5, 0.6) is 34.5 Å². The van der Waals surface area contributed by atoms with Crippen LogP contribution in [0.1, 0.15) is 17.0 Å². The highest BCUT2D eigenvalue weighted by molar-refractivity contribution is 5.92. The lowest BCUT2D eigenvalue weighted by molar-refractivity contribution is 0.324. The molecule has 4 rings (SSSR count). The van der Waals surface area contributed by atoms with Crippen LogP contribution in [0.15, 0.2) is 52.9 Å². The molecular formula is C26H25NO7. The molecule has 0 unspecified atom stereocenters. The zero-order valence-electron chi connectivity index (χ0n) is 19.5. The predicted octanol–water partition coefficient (Wildman–Crippen LogP) is 5.17. The molecule has 1 N–H and O–H groups in total. The number of rotatable bonds is 8. The van der Waals surface area contributed by atoms with Gasteiger partial charge in [0, 0.05) is 11.6 Å². The fraction of sp³-hybridized carbons (Fsp3) is 0.192. The second-order valence-electron chi connectivity index (χ2n) is 7.26. The summed E-state index contributed by atoms with van der Waals surface area (Å²) >= 11 is 0. The van der Waals surface area contributed by atoms with Gasteiger partial charge in [0.25, 0.3) is 0 Å². The molecule has 176 valence electrons. The van der Waals surface area contributed by atoms with E-state index in [4.69, 9.17) is 33.1 Å². The van der Waals surface area contributed by atoms with Gasteiger partial charge in [0.15, 0.2) is 28.6 Å². The summed E-state index contributed by atoms with van der Waals surface area (Å²) in [6.45, 7) is 0. The van der Waals surface area contributed by atoms with Crippen molar-refractivity contribution >= 4 is 22.7 Å².